The van der Waals surface area contributed by atoms with Gasteiger partial charge in [0.05, 0.1) is 29.6 Å². The third-order valence-electron chi connectivity index (χ3n) is 2.73. The average molecular weight is 290 g/mol. The highest BCUT2D eigenvalue weighted by atomic mass is 32.2. The molecule has 0 saturated heterocycles. The number of nitriles is 1. The summed E-state index contributed by atoms with van der Waals surface area (Å²) in [5.74, 6) is -0.219. The van der Waals surface area contributed by atoms with Crippen LogP contribution in [0.4, 0.5) is 0 Å². The number of sulfonamides is 1. The lowest BCUT2D eigenvalue weighted by Crippen LogP contribution is -2.25. The van der Waals surface area contributed by atoms with Crippen LogP contribution in [0.3, 0.4) is 0 Å². The normalized spacial score (nSPS) is 11.2. The first-order valence-corrected chi connectivity index (χ1v) is 7.59. The molecule has 1 aromatic heterocycles. The smallest absolute Gasteiger partial charge is 0.216 e. The molecule has 0 aliphatic rings. The zero-order chi connectivity index (χ0) is 14.6. The van der Waals surface area contributed by atoms with Crippen LogP contribution in [-0.4, -0.2) is 18.2 Å². The van der Waals surface area contributed by atoms with Gasteiger partial charge >= 0.3 is 0 Å². The average Bonchev–Trinajstić information content (AvgIpc) is 2.83. The minimum absolute atomic E-state index is 0.137. The Morgan fingerprint density at radius 3 is 2.75 bits per heavy atom. The summed E-state index contributed by atoms with van der Waals surface area (Å²) in [6.07, 6.45) is 1.74. The summed E-state index contributed by atoms with van der Waals surface area (Å²) in [4.78, 5) is 0. The van der Waals surface area contributed by atoms with Crippen LogP contribution in [0.2, 0.25) is 0 Å². The van der Waals surface area contributed by atoms with Crippen molar-refractivity contribution in [1.29, 1.82) is 5.26 Å². The summed E-state index contributed by atoms with van der Waals surface area (Å²) in [7, 11) is -1.74. The second kappa shape index (κ2) is 5.86. The highest BCUT2D eigenvalue weighted by Gasteiger charge is 2.14. The molecule has 0 fully saturated rings. The molecule has 2 aromatic rings. The second-order valence-electron chi connectivity index (χ2n) is 4.33. The van der Waals surface area contributed by atoms with Crippen LogP contribution in [0.1, 0.15) is 16.8 Å². The Bertz CT molecular complexity index is 744. The van der Waals surface area contributed by atoms with Crippen molar-refractivity contribution in [3.05, 3.63) is 53.3 Å². The Kier molecular flexibility index (Phi) is 4.17. The van der Waals surface area contributed by atoms with Crippen LogP contribution in [0.25, 0.3) is 0 Å². The number of nitrogens with one attached hydrogen (secondary N) is 1. The summed E-state index contributed by atoms with van der Waals surface area (Å²) in [6.45, 7) is 0.137. The maximum absolute atomic E-state index is 12.0. The van der Waals surface area contributed by atoms with Gasteiger partial charge in [0.15, 0.2) is 0 Å². The van der Waals surface area contributed by atoms with Gasteiger partial charge in [0.25, 0.3) is 0 Å². The fourth-order valence-corrected chi connectivity index (χ4v) is 2.88. The standard InChI is InChI=1S/C13H14N4O2S/c1-17-7-6-13(16-17)9-15-20(18,19)10-12-5-3-2-4-11(12)8-14/h2-7,15H,9-10H2,1H3. The largest absolute Gasteiger partial charge is 0.276 e. The molecule has 7 heteroatoms. The van der Waals surface area contributed by atoms with Crippen molar-refractivity contribution >= 4 is 10.0 Å². The quantitative estimate of drug-likeness (QED) is 0.886. The zero-order valence-corrected chi connectivity index (χ0v) is 11.8. The molecule has 0 radical (unpaired) electrons. The van der Waals surface area contributed by atoms with Gasteiger partial charge in [-0.3, -0.25) is 4.68 Å². The van der Waals surface area contributed by atoms with Crippen molar-refractivity contribution < 1.29 is 8.42 Å². The van der Waals surface area contributed by atoms with Crippen LogP contribution < -0.4 is 4.72 Å². The lowest BCUT2D eigenvalue weighted by Gasteiger charge is -2.06. The first-order valence-electron chi connectivity index (χ1n) is 5.94. The molecule has 1 heterocycles. The highest BCUT2D eigenvalue weighted by molar-refractivity contribution is 7.88. The molecule has 1 N–H and O–H groups in total. The van der Waals surface area contributed by atoms with Crippen molar-refractivity contribution in [2.75, 3.05) is 0 Å². The number of benzene rings is 1. The number of hydrogen-bond acceptors (Lipinski definition) is 4. The van der Waals surface area contributed by atoms with Gasteiger partial charge in [-0.05, 0) is 17.7 Å². The molecule has 0 amide bonds. The van der Waals surface area contributed by atoms with Gasteiger partial charge in [-0.1, -0.05) is 18.2 Å². The molecule has 0 aliphatic carbocycles. The Balaban J connectivity index is 2.06. The molecule has 104 valence electrons. The Hall–Kier alpha value is -2.17. The van der Waals surface area contributed by atoms with E-state index >= 15 is 0 Å². The fourth-order valence-electron chi connectivity index (χ4n) is 1.75. The maximum Gasteiger partial charge on any atom is 0.216 e. The SMILES string of the molecule is Cn1ccc(CNS(=O)(=O)Cc2ccccc2C#N)n1. The van der Waals surface area contributed by atoms with Crippen LogP contribution >= 0.6 is 0 Å². The second-order valence-corrected chi connectivity index (χ2v) is 6.14. The van der Waals surface area contributed by atoms with Gasteiger partial charge in [0, 0.05) is 13.2 Å². The minimum atomic E-state index is -3.51. The van der Waals surface area contributed by atoms with E-state index in [1.165, 1.54) is 0 Å². The van der Waals surface area contributed by atoms with E-state index in [2.05, 4.69) is 9.82 Å². The van der Waals surface area contributed by atoms with Crippen LogP contribution in [0, 0.1) is 11.3 Å². The number of hydrogen-bond donors (Lipinski definition) is 1. The molecule has 0 atom stereocenters. The van der Waals surface area contributed by atoms with Gasteiger partial charge in [0.2, 0.25) is 10.0 Å². The van der Waals surface area contributed by atoms with Crippen molar-refractivity contribution in [3.8, 4) is 6.07 Å². The van der Waals surface area contributed by atoms with E-state index in [9.17, 15) is 8.42 Å². The Morgan fingerprint density at radius 1 is 1.35 bits per heavy atom. The van der Waals surface area contributed by atoms with Gasteiger partial charge in [0.1, 0.15) is 0 Å². The predicted octanol–water partition coefficient (Wildman–Crippen LogP) is 0.911. The van der Waals surface area contributed by atoms with E-state index in [-0.39, 0.29) is 12.3 Å². The van der Waals surface area contributed by atoms with Crippen LogP contribution in [0.5, 0.6) is 0 Å². The Labute approximate surface area is 117 Å². The van der Waals surface area contributed by atoms with E-state index in [1.54, 1.807) is 48.3 Å². The summed E-state index contributed by atoms with van der Waals surface area (Å²) in [5.41, 5.74) is 1.50. The first kappa shape index (κ1) is 14.2. The molecular formula is C13H14N4O2S. The number of aryl methyl sites for hydroxylation is 1. The van der Waals surface area contributed by atoms with E-state index in [4.69, 9.17) is 5.26 Å². The molecule has 0 unspecified atom stereocenters. The van der Waals surface area contributed by atoms with Gasteiger partial charge < -0.3 is 0 Å². The molecule has 0 aliphatic heterocycles. The zero-order valence-electron chi connectivity index (χ0n) is 10.9. The topological polar surface area (TPSA) is 87.8 Å². The first-order chi connectivity index (χ1) is 9.50. The molecule has 20 heavy (non-hydrogen) atoms. The van der Waals surface area contributed by atoms with Crippen molar-refractivity contribution in [1.82, 2.24) is 14.5 Å². The fraction of sp³-hybridized carbons (Fsp3) is 0.231. The van der Waals surface area contributed by atoms with Gasteiger partial charge in [-0.15, -0.1) is 0 Å². The number of aromatic nitrogens is 2. The third kappa shape index (κ3) is 3.66. The van der Waals surface area contributed by atoms with Crippen molar-refractivity contribution in [2.45, 2.75) is 12.3 Å². The molecule has 0 saturated carbocycles. The molecule has 0 spiro atoms. The van der Waals surface area contributed by atoms with E-state index < -0.39 is 10.0 Å². The van der Waals surface area contributed by atoms with Crippen LogP contribution in [0.15, 0.2) is 36.5 Å². The summed E-state index contributed by atoms with van der Waals surface area (Å²) in [5, 5.41) is 13.0. The lowest BCUT2D eigenvalue weighted by molar-refractivity contribution is 0.578. The third-order valence-corrected chi connectivity index (χ3v) is 4.00. The van der Waals surface area contributed by atoms with Crippen molar-refractivity contribution in [2.24, 2.45) is 7.05 Å². The summed E-state index contributed by atoms with van der Waals surface area (Å²) in [6, 6.07) is 10.4. The summed E-state index contributed by atoms with van der Waals surface area (Å²) >= 11 is 0. The molecule has 1 aromatic carbocycles. The maximum atomic E-state index is 12.0. The molecule has 2 rings (SSSR count). The van der Waals surface area contributed by atoms with E-state index in [0.29, 0.717) is 16.8 Å². The monoisotopic (exact) mass is 290 g/mol. The van der Waals surface area contributed by atoms with Gasteiger partial charge in [-0.25, -0.2) is 13.1 Å². The van der Waals surface area contributed by atoms with Crippen LogP contribution in [-0.2, 0) is 29.4 Å². The lowest BCUT2D eigenvalue weighted by atomic mass is 10.1. The van der Waals surface area contributed by atoms with E-state index in [1.807, 2.05) is 6.07 Å². The molecule has 0 bridgehead atoms. The van der Waals surface area contributed by atoms with Gasteiger partial charge in [-0.2, -0.15) is 10.4 Å². The van der Waals surface area contributed by atoms with Crippen molar-refractivity contribution in [3.63, 3.8) is 0 Å². The Morgan fingerprint density at radius 2 is 2.10 bits per heavy atom. The number of rotatable bonds is 5. The predicted molar refractivity (Wildman–Crippen MR) is 73.8 cm³/mol. The molecular weight excluding hydrogens is 276 g/mol. The minimum Gasteiger partial charge on any atom is -0.276 e. The number of nitrogens with zero attached hydrogens (tertiary/aromatic N) is 3. The molecule has 6 nitrogen and oxygen atoms in total. The summed E-state index contributed by atoms with van der Waals surface area (Å²) < 4.78 is 28.1. The highest BCUT2D eigenvalue weighted by Crippen LogP contribution is 2.11. The van der Waals surface area contributed by atoms with E-state index in [0.717, 1.165) is 0 Å².